The summed E-state index contributed by atoms with van der Waals surface area (Å²) in [5.74, 6) is -4.05. The molecule has 2 aliphatic rings. The Kier molecular flexibility index (Phi) is 6.06. The molecule has 9 nitrogen and oxygen atoms in total. The molecule has 2 atom stereocenters. The van der Waals surface area contributed by atoms with Crippen LogP contribution in [0.2, 0.25) is 5.02 Å². The van der Waals surface area contributed by atoms with E-state index in [0.29, 0.717) is 22.9 Å². The maximum atomic E-state index is 13.5. The van der Waals surface area contributed by atoms with Crippen molar-refractivity contribution >= 4 is 40.8 Å². The number of Topliss-reactive ketones (excluding diaryl/α,β-unsaturated/α-hetero) is 1. The Labute approximate surface area is 193 Å². The van der Waals surface area contributed by atoms with Gasteiger partial charge in [0.05, 0.1) is 16.8 Å². The molecular formula is C23H18ClN3O6. The van der Waals surface area contributed by atoms with Crippen molar-refractivity contribution in [1.29, 1.82) is 0 Å². The summed E-state index contributed by atoms with van der Waals surface area (Å²) >= 11 is 5.87. The molecule has 0 radical (unpaired) electrons. The van der Waals surface area contributed by atoms with E-state index in [4.69, 9.17) is 11.6 Å². The summed E-state index contributed by atoms with van der Waals surface area (Å²) < 4.78 is 0. The summed E-state index contributed by atoms with van der Waals surface area (Å²) in [4.78, 5) is 63.4. The molecule has 0 N–H and O–H groups in total. The van der Waals surface area contributed by atoms with E-state index < -0.39 is 52.5 Å². The molecule has 4 rings (SSSR count). The van der Waals surface area contributed by atoms with E-state index in [9.17, 15) is 29.3 Å². The van der Waals surface area contributed by atoms with Crippen LogP contribution >= 0.6 is 11.6 Å². The van der Waals surface area contributed by atoms with Gasteiger partial charge in [0.25, 0.3) is 23.4 Å². The molecule has 2 aromatic carbocycles. The minimum Gasteiger partial charge on any atom is -0.292 e. The molecule has 0 unspecified atom stereocenters. The molecule has 2 aromatic rings. The van der Waals surface area contributed by atoms with Gasteiger partial charge in [-0.25, -0.2) is 5.01 Å². The number of halogens is 1. The van der Waals surface area contributed by atoms with E-state index in [0.717, 1.165) is 11.1 Å². The molecule has 0 bridgehead atoms. The van der Waals surface area contributed by atoms with Crippen LogP contribution in [0.25, 0.3) is 0 Å². The van der Waals surface area contributed by atoms with Crippen molar-refractivity contribution in [3.05, 3.63) is 86.9 Å². The molecule has 1 aliphatic carbocycles. The SMILES string of the molecule is O=C(CN(C(=O)c1ccccc1[N+](=O)[O-])N1C(=O)[C@H]2CC=CC[C@@H]2C1=O)c1ccc(Cl)cc1. The maximum Gasteiger partial charge on any atom is 0.282 e. The van der Waals surface area contributed by atoms with Crippen LogP contribution in [0, 0.1) is 22.0 Å². The smallest absolute Gasteiger partial charge is 0.282 e. The lowest BCUT2D eigenvalue weighted by molar-refractivity contribution is -0.385. The number of para-hydroxylation sites is 1. The molecule has 33 heavy (non-hydrogen) atoms. The number of benzene rings is 2. The van der Waals surface area contributed by atoms with Crippen molar-refractivity contribution < 1.29 is 24.1 Å². The quantitative estimate of drug-likeness (QED) is 0.211. The van der Waals surface area contributed by atoms with Gasteiger partial charge in [0.1, 0.15) is 12.1 Å². The van der Waals surface area contributed by atoms with Gasteiger partial charge in [-0.1, -0.05) is 35.9 Å². The first-order chi connectivity index (χ1) is 15.8. The highest BCUT2D eigenvalue weighted by molar-refractivity contribution is 6.30. The Hall–Kier alpha value is -3.85. The van der Waals surface area contributed by atoms with Crippen molar-refractivity contribution in [2.45, 2.75) is 12.8 Å². The number of nitro benzene ring substituents is 1. The zero-order valence-electron chi connectivity index (χ0n) is 17.2. The van der Waals surface area contributed by atoms with Gasteiger partial charge < -0.3 is 0 Å². The second-order valence-electron chi connectivity index (χ2n) is 7.71. The molecule has 0 saturated carbocycles. The van der Waals surface area contributed by atoms with Crippen molar-refractivity contribution in [3.63, 3.8) is 0 Å². The van der Waals surface area contributed by atoms with E-state index in [1.54, 1.807) is 12.2 Å². The number of hydrazine groups is 1. The standard InChI is InChI=1S/C23H18ClN3O6/c24-15-11-9-14(10-12-15)20(28)13-25(21(29)18-7-3-4-8-19(18)27(32)33)26-22(30)16-5-1-2-6-17(16)23(26)31/h1-4,7-12,16-17H,5-6,13H2/t16-,17-/m0/s1. The highest BCUT2D eigenvalue weighted by Crippen LogP contribution is 2.36. The van der Waals surface area contributed by atoms with Gasteiger partial charge in [-0.05, 0) is 43.2 Å². The first kappa shape index (κ1) is 22.3. The number of ketones is 1. The van der Waals surface area contributed by atoms with Crippen molar-refractivity contribution in [1.82, 2.24) is 10.0 Å². The Balaban J connectivity index is 1.74. The fourth-order valence-electron chi connectivity index (χ4n) is 4.07. The first-order valence-electron chi connectivity index (χ1n) is 10.2. The van der Waals surface area contributed by atoms with Crippen molar-refractivity contribution in [3.8, 4) is 0 Å². The van der Waals surface area contributed by atoms with Crippen LogP contribution in [0.4, 0.5) is 5.69 Å². The topological polar surface area (TPSA) is 118 Å². The predicted molar refractivity (Wildman–Crippen MR) is 117 cm³/mol. The molecule has 1 heterocycles. The van der Waals surface area contributed by atoms with Crippen LogP contribution in [0.1, 0.15) is 33.6 Å². The third kappa shape index (κ3) is 4.14. The highest BCUT2D eigenvalue weighted by atomic mass is 35.5. The molecule has 1 fully saturated rings. The number of nitro groups is 1. The summed E-state index contributed by atoms with van der Waals surface area (Å²) in [5, 5.41) is 13.3. The molecule has 0 spiro atoms. The second-order valence-corrected chi connectivity index (χ2v) is 8.15. The number of hydrogen-bond donors (Lipinski definition) is 0. The lowest BCUT2D eigenvalue weighted by Gasteiger charge is -2.30. The number of carbonyl (C=O) groups excluding carboxylic acids is 4. The molecule has 1 aliphatic heterocycles. The first-order valence-corrected chi connectivity index (χ1v) is 10.5. The van der Waals surface area contributed by atoms with Crippen LogP contribution in [-0.2, 0) is 9.59 Å². The Morgan fingerprint density at radius 2 is 1.58 bits per heavy atom. The average molecular weight is 468 g/mol. The fraction of sp³-hybridized carbons (Fsp3) is 0.217. The summed E-state index contributed by atoms with van der Waals surface area (Å²) in [6, 6.07) is 11.1. The number of carbonyl (C=O) groups is 4. The zero-order valence-corrected chi connectivity index (χ0v) is 18.0. The van der Waals surface area contributed by atoms with Crippen LogP contribution in [-0.4, -0.2) is 45.0 Å². The number of hydrogen-bond acceptors (Lipinski definition) is 6. The highest BCUT2D eigenvalue weighted by Gasteiger charge is 2.51. The molecule has 0 aromatic heterocycles. The van der Waals surface area contributed by atoms with Gasteiger partial charge in [-0.3, -0.25) is 29.3 Å². The van der Waals surface area contributed by atoms with E-state index in [1.807, 2.05) is 0 Å². The van der Waals surface area contributed by atoms with E-state index in [-0.39, 0.29) is 11.1 Å². The number of nitrogens with zero attached hydrogens (tertiary/aromatic N) is 3. The average Bonchev–Trinajstić information content (AvgIpc) is 3.07. The van der Waals surface area contributed by atoms with Crippen molar-refractivity contribution in [2.75, 3.05) is 6.54 Å². The summed E-state index contributed by atoms with van der Waals surface area (Å²) in [6.45, 7) is -0.656. The predicted octanol–water partition coefficient (Wildman–Crippen LogP) is 3.44. The second kappa shape index (κ2) is 8.95. The van der Waals surface area contributed by atoms with Crippen LogP contribution < -0.4 is 0 Å². The van der Waals surface area contributed by atoms with Gasteiger partial charge in [-0.15, -0.1) is 0 Å². The molecule has 1 saturated heterocycles. The Morgan fingerprint density at radius 1 is 1.00 bits per heavy atom. The molecule has 10 heteroatoms. The number of amides is 3. The minimum atomic E-state index is -0.988. The maximum absolute atomic E-state index is 13.5. The minimum absolute atomic E-state index is 0.206. The van der Waals surface area contributed by atoms with E-state index in [2.05, 4.69) is 0 Å². The van der Waals surface area contributed by atoms with Crippen LogP contribution in [0.5, 0.6) is 0 Å². The number of fused-ring (bicyclic) bond motifs is 1. The van der Waals surface area contributed by atoms with E-state index in [1.165, 1.54) is 42.5 Å². The van der Waals surface area contributed by atoms with Gasteiger partial charge in [0.15, 0.2) is 5.78 Å². The van der Waals surface area contributed by atoms with Gasteiger partial charge in [-0.2, -0.15) is 5.01 Å². The van der Waals surface area contributed by atoms with Crippen LogP contribution in [0.3, 0.4) is 0 Å². The third-order valence-electron chi connectivity index (χ3n) is 5.75. The van der Waals surface area contributed by atoms with Crippen molar-refractivity contribution in [2.24, 2.45) is 11.8 Å². The molecular weight excluding hydrogens is 450 g/mol. The number of allylic oxidation sites excluding steroid dienone is 2. The Morgan fingerprint density at radius 3 is 2.15 bits per heavy atom. The molecule has 168 valence electrons. The number of rotatable bonds is 6. The Bertz CT molecular complexity index is 1170. The molecule has 3 amide bonds. The summed E-state index contributed by atoms with van der Waals surface area (Å²) in [6.07, 6.45) is 4.26. The van der Waals surface area contributed by atoms with Crippen LogP contribution in [0.15, 0.2) is 60.7 Å². The number of imide groups is 1. The van der Waals surface area contributed by atoms with Gasteiger partial charge in [0.2, 0.25) is 0 Å². The van der Waals surface area contributed by atoms with Gasteiger partial charge >= 0.3 is 0 Å². The third-order valence-corrected chi connectivity index (χ3v) is 6.00. The lowest BCUT2D eigenvalue weighted by Crippen LogP contribution is -2.52. The largest absolute Gasteiger partial charge is 0.292 e. The fourth-order valence-corrected chi connectivity index (χ4v) is 4.20. The summed E-state index contributed by atoms with van der Waals surface area (Å²) in [7, 11) is 0. The normalized spacial score (nSPS) is 19.4. The summed E-state index contributed by atoms with van der Waals surface area (Å²) in [5.41, 5.74) is -0.623. The zero-order chi connectivity index (χ0) is 23.7. The lowest BCUT2D eigenvalue weighted by atomic mass is 9.85. The monoisotopic (exact) mass is 467 g/mol. The van der Waals surface area contributed by atoms with E-state index >= 15 is 0 Å². The van der Waals surface area contributed by atoms with Gasteiger partial charge in [0, 0.05) is 16.7 Å².